The van der Waals surface area contributed by atoms with Crippen molar-refractivity contribution in [2.24, 2.45) is 0 Å². The molecule has 8 heteroatoms. The molecule has 2 aromatic rings. The number of hydrogen-bond donors (Lipinski definition) is 2. The van der Waals surface area contributed by atoms with Crippen LogP contribution in [0.3, 0.4) is 0 Å². The molecule has 0 bridgehead atoms. The van der Waals surface area contributed by atoms with Crippen molar-refractivity contribution < 1.29 is 29.3 Å². The fraction of sp³-hybridized carbons (Fsp3) is 0.481. The summed E-state index contributed by atoms with van der Waals surface area (Å²) in [7, 11) is 1.81. The Morgan fingerprint density at radius 3 is 2.40 bits per heavy atom. The van der Waals surface area contributed by atoms with Crippen molar-refractivity contribution in [3.05, 3.63) is 59.7 Å². The zero-order chi connectivity index (χ0) is 25.2. The number of nitrogens with zero attached hydrogens (tertiary/aromatic N) is 2. The molecule has 0 radical (unpaired) electrons. The molecule has 0 aromatic heterocycles. The van der Waals surface area contributed by atoms with Gasteiger partial charge in [0.05, 0.1) is 12.6 Å². The van der Waals surface area contributed by atoms with Crippen LogP contribution in [0.25, 0.3) is 0 Å². The molecule has 1 aliphatic heterocycles. The fourth-order valence-electron chi connectivity index (χ4n) is 4.12. The SMILES string of the molecule is CCCCCOC(Cc1ccc(OCCC2CN(Cc3ccc(O)cc3)C(=O)N2C)cc1)C(=O)O. The van der Waals surface area contributed by atoms with Crippen LogP contribution in [0.5, 0.6) is 11.5 Å². The van der Waals surface area contributed by atoms with Gasteiger partial charge in [0, 0.05) is 39.6 Å². The molecule has 190 valence electrons. The number of carboxylic acids is 1. The molecule has 2 amide bonds. The Morgan fingerprint density at radius 1 is 1.06 bits per heavy atom. The predicted octanol–water partition coefficient (Wildman–Crippen LogP) is 4.30. The van der Waals surface area contributed by atoms with Gasteiger partial charge in [0.25, 0.3) is 0 Å². The largest absolute Gasteiger partial charge is 0.508 e. The van der Waals surface area contributed by atoms with Gasteiger partial charge >= 0.3 is 12.0 Å². The number of aromatic hydroxyl groups is 1. The van der Waals surface area contributed by atoms with E-state index >= 15 is 0 Å². The minimum atomic E-state index is -0.948. The normalized spacial score (nSPS) is 16.5. The van der Waals surface area contributed by atoms with E-state index in [1.165, 1.54) is 0 Å². The van der Waals surface area contributed by atoms with Crippen molar-refractivity contribution >= 4 is 12.0 Å². The molecule has 0 spiro atoms. The van der Waals surface area contributed by atoms with Gasteiger partial charge in [-0.05, 0) is 41.8 Å². The number of carboxylic acid groups (broad SMARTS) is 1. The van der Waals surface area contributed by atoms with Crippen LogP contribution in [-0.4, -0.2) is 71.0 Å². The Kier molecular flexibility index (Phi) is 9.78. The minimum absolute atomic E-state index is 0.0164. The number of carbonyl (C=O) groups excluding carboxylic acids is 1. The number of aliphatic carboxylic acids is 1. The number of phenolic OH excluding ortho intramolecular Hbond substituents is 1. The lowest BCUT2D eigenvalue weighted by atomic mass is 10.1. The summed E-state index contributed by atoms with van der Waals surface area (Å²) in [4.78, 5) is 27.7. The average Bonchev–Trinajstić information content (AvgIpc) is 3.11. The number of benzene rings is 2. The quantitative estimate of drug-likeness (QED) is 0.388. The van der Waals surface area contributed by atoms with Gasteiger partial charge in [0.15, 0.2) is 6.10 Å². The molecule has 1 saturated heterocycles. The molecule has 0 aliphatic carbocycles. The molecule has 3 rings (SSSR count). The Labute approximate surface area is 207 Å². The van der Waals surface area contributed by atoms with Gasteiger partial charge in [-0.25, -0.2) is 9.59 Å². The molecule has 1 heterocycles. The zero-order valence-corrected chi connectivity index (χ0v) is 20.6. The van der Waals surface area contributed by atoms with Crippen LogP contribution in [0, 0.1) is 0 Å². The van der Waals surface area contributed by atoms with Crippen LogP contribution in [0.2, 0.25) is 0 Å². The van der Waals surface area contributed by atoms with E-state index < -0.39 is 12.1 Å². The van der Waals surface area contributed by atoms with E-state index in [1.807, 2.05) is 43.4 Å². The van der Waals surface area contributed by atoms with Crippen molar-refractivity contribution in [1.82, 2.24) is 9.80 Å². The number of hydrogen-bond acceptors (Lipinski definition) is 5. The minimum Gasteiger partial charge on any atom is -0.508 e. The molecule has 1 aliphatic rings. The lowest BCUT2D eigenvalue weighted by molar-refractivity contribution is -0.150. The van der Waals surface area contributed by atoms with Crippen molar-refractivity contribution in [2.75, 3.05) is 26.8 Å². The molecule has 2 unspecified atom stereocenters. The number of carbonyl (C=O) groups is 2. The lowest BCUT2D eigenvalue weighted by Crippen LogP contribution is -2.31. The molecule has 35 heavy (non-hydrogen) atoms. The van der Waals surface area contributed by atoms with Gasteiger partial charge in [0.1, 0.15) is 11.5 Å². The van der Waals surface area contributed by atoms with Crippen LogP contribution in [0.15, 0.2) is 48.5 Å². The molecule has 1 fully saturated rings. The van der Waals surface area contributed by atoms with Crippen molar-refractivity contribution in [2.45, 2.75) is 57.7 Å². The van der Waals surface area contributed by atoms with E-state index in [2.05, 4.69) is 6.92 Å². The summed E-state index contributed by atoms with van der Waals surface area (Å²) >= 11 is 0. The summed E-state index contributed by atoms with van der Waals surface area (Å²) in [6.45, 7) is 4.14. The van der Waals surface area contributed by atoms with Crippen LogP contribution in [-0.2, 0) is 22.5 Å². The van der Waals surface area contributed by atoms with Gasteiger partial charge in [-0.15, -0.1) is 0 Å². The van der Waals surface area contributed by atoms with E-state index in [9.17, 15) is 19.8 Å². The highest BCUT2D eigenvalue weighted by molar-refractivity contribution is 5.77. The average molecular weight is 485 g/mol. The summed E-state index contributed by atoms with van der Waals surface area (Å²) in [6, 6.07) is 14.3. The third-order valence-corrected chi connectivity index (χ3v) is 6.27. The lowest BCUT2D eigenvalue weighted by Gasteiger charge is -2.18. The number of urea groups is 1. The molecule has 8 nitrogen and oxygen atoms in total. The van der Waals surface area contributed by atoms with Crippen molar-refractivity contribution in [3.63, 3.8) is 0 Å². The van der Waals surface area contributed by atoms with E-state index in [0.29, 0.717) is 44.9 Å². The van der Waals surface area contributed by atoms with Crippen LogP contribution in [0.1, 0.15) is 43.7 Å². The summed E-state index contributed by atoms with van der Waals surface area (Å²) < 4.78 is 11.4. The third kappa shape index (κ3) is 7.89. The topological polar surface area (TPSA) is 99.5 Å². The molecule has 2 aromatic carbocycles. The smallest absolute Gasteiger partial charge is 0.333 e. The Bertz CT molecular complexity index is 947. The highest BCUT2D eigenvalue weighted by Gasteiger charge is 2.34. The van der Waals surface area contributed by atoms with Gasteiger partial charge in [0.2, 0.25) is 0 Å². The molecule has 0 saturated carbocycles. The highest BCUT2D eigenvalue weighted by Crippen LogP contribution is 2.21. The van der Waals surface area contributed by atoms with E-state index in [1.54, 1.807) is 21.9 Å². The predicted molar refractivity (Wildman–Crippen MR) is 133 cm³/mol. The van der Waals surface area contributed by atoms with Gasteiger partial charge < -0.3 is 29.5 Å². The van der Waals surface area contributed by atoms with Crippen molar-refractivity contribution in [3.8, 4) is 11.5 Å². The Hall–Kier alpha value is -3.26. The third-order valence-electron chi connectivity index (χ3n) is 6.27. The summed E-state index contributed by atoms with van der Waals surface area (Å²) in [5.74, 6) is -0.0342. The van der Waals surface area contributed by atoms with E-state index in [4.69, 9.17) is 9.47 Å². The van der Waals surface area contributed by atoms with Gasteiger partial charge in [-0.3, -0.25) is 0 Å². The second-order valence-corrected chi connectivity index (χ2v) is 8.98. The molecule has 2 atom stereocenters. The van der Waals surface area contributed by atoms with Crippen molar-refractivity contribution in [1.29, 1.82) is 0 Å². The maximum atomic E-state index is 12.6. The van der Waals surface area contributed by atoms with Gasteiger partial charge in [-0.2, -0.15) is 0 Å². The van der Waals surface area contributed by atoms with E-state index in [0.717, 1.165) is 30.4 Å². The summed E-state index contributed by atoms with van der Waals surface area (Å²) in [5, 5.41) is 18.9. The number of ether oxygens (including phenoxy) is 2. The first-order valence-corrected chi connectivity index (χ1v) is 12.2. The Balaban J connectivity index is 1.43. The fourth-order valence-corrected chi connectivity index (χ4v) is 4.12. The number of phenols is 1. The Morgan fingerprint density at radius 2 is 1.74 bits per heavy atom. The first-order valence-electron chi connectivity index (χ1n) is 12.2. The van der Waals surface area contributed by atoms with Gasteiger partial charge in [-0.1, -0.05) is 44.0 Å². The number of unbranched alkanes of at least 4 members (excludes halogenated alkanes) is 2. The number of rotatable bonds is 14. The molecular weight excluding hydrogens is 448 g/mol. The second kappa shape index (κ2) is 13.0. The monoisotopic (exact) mass is 484 g/mol. The highest BCUT2D eigenvalue weighted by atomic mass is 16.5. The number of likely N-dealkylation sites (N-methyl/N-ethyl adjacent to an activating group) is 1. The van der Waals surface area contributed by atoms with Crippen LogP contribution in [0.4, 0.5) is 4.79 Å². The first-order chi connectivity index (χ1) is 16.9. The summed E-state index contributed by atoms with van der Waals surface area (Å²) in [5.41, 5.74) is 1.85. The standard InChI is InChI=1S/C27H36N2O6/c1-3-4-5-15-35-25(26(31)32)17-20-8-12-24(13-9-20)34-16-14-22-19-29(27(33)28(22)2)18-21-6-10-23(30)11-7-21/h6-13,22,25,30H,3-5,14-19H2,1-2H3,(H,31,32). The second-order valence-electron chi connectivity index (χ2n) is 8.98. The summed E-state index contributed by atoms with van der Waals surface area (Å²) in [6.07, 6.45) is 3.12. The number of amides is 2. The van der Waals surface area contributed by atoms with E-state index in [-0.39, 0.29) is 17.8 Å². The first kappa shape index (κ1) is 26.3. The zero-order valence-electron chi connectivity index (χ0n) is 20.6. The van der Waals surface area contributed by atoms with Crippen LogP contribution < -0.4 is 4.74 Å². The maximum absolute atomic E-state index is 12.6. The maximum Gasteiger partial charge on any atom is 0.333 e. The molecular formula is C27H36N2O6. The molecule has 2 N–H and O–H groups in total. The van der Waals surface area contributed by atoms with Crippen LogP contribution >= 0.6 is 0 Å².